The van der Waals surface area contributed by atoms with Gasteiger partial charge in [0.25, 0.3) is 0 Å². The summed E-state index contributed by atoms with van der Waals surface area (Å²) in [4.78, 5) is 0. The Morgan fingerprint density at radius 3 is 2.63 bits per heavy atom. The van der Waals surface area contributed by atoms with Crippen molar-refractivity contribution < 1.29 is 9.13 Å². The van der Waals surface area contributed by atoms with Gasteiger partial charge in [0, 0.05) is 10.6 Å². The molecule has 0 aliphatic carbocycles. The molecule has 19 heavy (non-hydrogen) atoms. The Morgan fingerprint density at radius 2 is 1.95 bits per heavy atom. The van der Waals surface area contributed by atoms with E-state index in [1.54, 1.807) is 7.11 Å². The molecule has 0 fully saturated rings. The van der Waals surface area contributed by atoms with Crippen molar-refractivity contribution in [3.05, 3.63) is 64.4 Å². The number of methoxy groups -OCH3 is 1. The first-order chi connectivity index (χ1) is 9.17. The monoisotopic (exact) mass is 280 g/mol. The molecule has 5 heteroatoms. The van der Waals surface area contributed by atoms with Crippen molar-refractivity contribution in [3.8, 4) is 5.75 Å². The van der Waals surface area contributed by atoms with Crippen LogP contribution in [0.2, 0.25) is 5.02 Å². The maximum atomic E-state index is 13.4. The summed E-state index contributed by atoms with van der Waals surface area (Å²) in [6.45, 7) is 0. The first-order valence-electron chi connectivity index (χ1n) is 5.71. The predicted octanol–water partition coefficient (Wildman–Crippen LogP) is 3.04. The summed E-state index contributed by atoms with van der Waals surface area (Å²) in [6.07, 6.45) is 0. The zero-order chi connectivity index (χ0) is 13.8. The molecule has 0 aliphatic heterocycles. The Morgan fingerprint density at radius 1 is 1.21 bits per heavy atom. The number of para-hydroxylation sites is 1. The Balaban J connectivity index is 2.53. The lowest BCUT2D eigenvalue weighted by Crippen LogP contribution is -2.29. The lowest BCUT2D eigenvalue weighted by molar-refractivity contribution is 0.404. The molecule has 3 N–H and O–H groups in total. The minimum Gasteiger partial charge on any atom is -0.496 e. The van der Waals surface area contributed by atoms with Gasteiger partial charge in [0.1, 0.15) is 11.6 Å². The van der Waals surface area contributed by atoms with Gasteiger partial charge in [-0.2, -0.15) is 0 Å². The number of rotatable bonds is 4. The van der Waals surface area contributed by atoms with Gasteiger partial charge in [-0.25, -0.2) is 9.82 Å². The maximum absolute atomic E-state index is 13.4. The van der Waals surface area contributed by atoms with Gasteiger partial charge in [0.15, 0.2) is 0 Å². The second-order valence-corrected chi connectivity index (χ2v) is 4.41. The molecule has 0 saturated carbocycles. The fourth-order valence-corrected chi connectivity index (χ4v) is 2.21. The van der Waals surface area contributed by atoms with Crippen molar-refractivity contribution in [3.63, 3.8) is 0 Å². The van der Waals surface area contributed by atoms with Gasteiger partial charge in [-0.1, -0.05) is 29.8 Å². The molecule has 0 bridgehead atoms. The van der Waals surface area contributed by atoms with Gasteiger partial charge in [-0.05, 0) is 29.8 Å². The molecule has 0 radical (unpaired) electrons. The summed E-state index contributed by atoms with van der Waals surface area (Å²) >= 11 is 6.11. The topological polar surface area (TPSA) is 47.3 Å². The molecule has 2 aromatic carbocycles. The van der Waals surface area contributed by atoms with E-state index >= 15 is 0 Å². The normalized spacial score (nSPS) is 12.2. The van der Waals surface area contributed by atoms with E-state index in [-0.39, 0.29) is 5.82 Å². The third-order valence-corrected chi connectivity index (χ3v) is 3.23. The van der Waals surface area contributed by atoms with Crippen LogP contribution >= 0.6 is 11.6 Å². The summed E-state index contributed by atoms with van der Waals surface area (Å²) in [6, 6.07) is 11.1. The van der Waals surface area contributed by atoms with Crippen molar-refractivity contribution in [2.24, 2.45) is 5.84 Å². The van der Waals surface area contributed by atoms with E-state index < -0.39 is 6.04 Å². The third-order valence-electron chi connectivity index (χ3n) is 2.89. The second-order valence-electron chi connectivity index (χ2n) is 4.01. The zero-order valence-corrected chi connectivity index (χ0v) is 11.1. The molecule has 0 amide bonds. The van der Waals surface area contributed by atoms with Crippen LogP contribution in [0.5, 0.6) is 5.75 Å². The molecule has 0 heterocycles. The Kier molecular flexibility index (Phi) is 4.37. The van der Waals surface area contributed by atoms with Crippen molar-refractivity contribution in [2.45, 2.75) is 6.04 Å². The molecule has 2 rings (SSSR count). The highest BCUT2D eigenvalue weighted by molar-refractivity contribution is 6.31. The van der Waals surface area contributed by atoms with Crippen molar-refractivity contribution in [2.75, 3.05) is 7.11 Å². The summed E-state index contributed by atoms with van der Waals surface area (Å²) in [5.74, 6) is 5.88. The first-order valence-corrected chi connectivity index (χ1v) is 6.09. The standard InChI is InChI=1S/C14H14ClFN2O/c1-19-13-5-3-2-4-10(13)14(18-17)11-8-9(16)6-7-12(11)15/h2-8,14,18H,17H2,1H3. The van der Waals surface area contributed by atoms with E-state index in [0.29, 0.717) is 16.3 Å². The highest BCUT2D eigenvalue weighted by Gasteiger charge is 2.19. The summed E-state index contributed by atoms with van der Waals surface area (Å²) in [7, 11) is 1.57. The molecule has 2 aromatic rings. The van der Waals surface area contributed by atoms with E-state index in [1.165, 1.54) is 18.2 Å². The van der Waals surface area contributed by atoms with E-state index in [1.807, 2.05) is 24.3 Å². The maximum Gasteiger partial charge on any atom is 0.124 e. The quantitative estimate of drug-likeness (QED) is 0.668. The molecular weight excluding hydrogens is 267 g/mol. The minimum absolute atomic E-state index is 0.366. The second kappa shape index (κ2) is 6.02. The van der Waals surface area contributed by atoms with Crippen molar-refractivity contribution >= 4 is 11.6 Å². The average molecular weight is 281 g/mol. The van der Waals surface area contributed by atoms with Gasteiger partial charge in [-0.15, -0.1) is 0 Å². The molecule has 0 aromatic heterocycles. The van der Waals surface area contributed by atoms with Gasteiger partial charge < -0.3 is 4.74 Å². The molecule has 0 aliphatic rings. The SMILES string of the molecule is COc1ccccc1C(NN)c1cc(F)ccc1Cl. The lowest BCUT2D eigenvalue weighted by atomic mass is 9.98. The molecule has 1 atom stereocenters. The first kappa shape index (κ1) is 13.8. The average Bonchev–Trinajstić information content (AvgIpc) is 2.44. The van der Waals surface area contributed by atoms with Crippen LogP contribution in [0, 0.1) is 5.82 Å². The third kappa shape index (κ3) is 2.87. The number of halogens is 2. The zero-order valence-electron chi connectivity index (χ0n) is 10.4. The Hall–Kier alpha value is -1.62. The molecular formula is C14H14ClFN2O. The molecule has 3 nitrogen and oxygen atoms in total. The van der Waals surface area contributed by atoms with Crippen LogP contribution in [0.15, 0.2) is 42.5 Å². The van der Waals surface area contributed by atoms with E-state index in [0.717, 1.165) is 5.56 Å². The van der Waals surface area contributed by atoms with Crippen LogP contribution in [0.1, 0.15) is 17.2 Å². The van der Waals surface area contributed by atoms with Crippen molar-refractivity contribution in [1.82, 2.24) is 5.43 Å². The van der Waals surface area contributed by atoms with Crippen molar-refractivity contribution in [1.29, 1.82) is 0 Å². The Bertz CT molecular complexity index is 577. The number of benzene rings is 2. The number of hydrogen-bond donors (Lipinski definition) is 2. The fraction of sp³-hybridized carbons (Fsp3) is 0.143. The minimum atomic E-state index is -0.445. The molecule has 0 saturated heterocycles. The predicted molar refractivity (Wildman–Crippen MR) is 73.6 cm³/mol. The Labute approximate surface area is 116 Å². The summed E-state index contributed by atoms with van der Waals surface area (Å²) in [5.41, 5.74) is 4.00. The van der Waals surface area contributed by atoms with Gasteiger partial charge in [0.2, 0.25) is 0 Å². The van der Waals surface area contributed by atoms with E-state index in [2.05, 4.69) is 5.43 Å². The van der Waals surface area contributed by atoms with Crippen LogP contribution in [0.4, 0.5) is 4.39 Å². The van der Waals surface area contributed by atoms with E-state index in [9.17, 15) is 4.39 Å². The number of hydrogen-bond acceptors (Lipinski definition) is 3. The largest absolute Gasteiger partial charge is 0.496 e. The van der Waals surface area contributed by atoms with Crippen LogP contribution in [0.25, 0.3) is 0 Å². The number of nitrogens with one attached hydrogen (secondary N) is 1. The number of nitrogens with two attached hydrogens (primary N) is 1. The number of ether oxygens (including phenoxy) is 1. The molecule has 100 valence electrons. The molecule has 1 unspecified atom stereocenters. The van der Waals surface area contributed by atoms with Crippen LogP contribution in [0.3, 0.4) is 0 Å². The number of hydrazine groups is 1. The van der Waals surface area contributed by atoms with Gasteiger partial charge in [0.05, 0.1) is 13.2 Å². The highest BCUT2D eigenvalue weighted by Crippen LogP contribution is 2.33. The van der Waals surface area contributed by atoms with Crippen LogP contribution in [-0.2, 0) is 0 Å². The van der Waals surface area contributed by atoms with Crippen LogP contribution < -0.4 is 16.0 Å². The van der Waals surface area contributed by atoms with E-state index in [4.69, 9.17) is 22.2 Å². The summed E-state index contributed by atoms with van der Waals surface area (Å²) < 4.78 is 18.7. The summed E-state index contributed by atoms with van der Waals surface area (Å²) in [5, 5.41) is 0.440. The highest BCUT2D eigenvalue weighted by atomic mass is 35.5. The lowest BCUT2D eigenvalue weighted by Gasteiger charge is -2.20. The fourth-order valence-electron chi connectivity index (χ4n) is 1.99. The van der Waals surface area contributed by atoms with Gasteiger partial charge in [-0.3, -0.25) is 5.84 Å². The molecule has 0 spiro atoms. The smallest absolute Gasteiger partial charge is 0.124 e. The van der Waals surface area contributed by atoms with Gasteiger partial charge >= 0.3 is 0 Å². The van der Waals surface area contributed by atoms with Crippen LogP contribution in [-0.4, -0.2) is 7.11 Å².